The van der Waals surface area contributed by atoms with Gasteiger partial charge in [0.15, 0.2) is 0 Å². The van der Waals surface area contributed by atoms with Crippen LogP contribution in [0.3, 0.4) is 0 Å². The van der Waals surface area contributed by atoms with Crippen LogP contribution in [-0.2, 0) is 0 Å². The maximum atomic E-state index is 12.1. The maximum absolute atomic E-state index is 12.1. The molecule has 0 saturated carbocycles. The number of halogens is 4. The van der Waals surface area contributed by atoms with Crippen LogP contribution in [0.5, 0.6) is 0 Å². The minimum Gasteiger partial charge on any atom is -0.316 e. The molecule has 1 rings (SSSR count). The molecule has 0 spiro atoms. The van der Waals surface area contributed by atoms with E-state index in [1.54, 1.807) is 0 Å². The molecule has 0 aliphatic rings. The Labute approximate surface area is 90.9 Å². The summed E-state index contributed by atoms with van der Waals surface area (Å²) in [7, 11) is 0. The molecule has 2 nitrogen and oxygen atoms in total. The molecule has 0 unspecified atom stereocenters. The Morgan fingerprint density at radius 2 is 1.67 bits per heavy atom. The Balaban J connectivity index is 0.00000196. The Morgan fingerprint density at radius 3 is 2.00 bits per heavy atom. The van der Waals surface area contributed by atoms with Crippen LogP contribution in [0.15, 0.2) is 24.3 Å². The molecule has 15 heavy (non-hydrogen) atoms. The van der Waals surface area contributed by atoms with Gasteiger partial charge in [-0.05, 0) is 17.7 Å². The summed E-state index contributed by atoms with van der Waals surface area (Å²) in [5.74, 6) is 0. The second-order valence-electron chi connectivity index (χ2n) is 2.75. The number of hydrogen-bond donors (Lipinski definition) is 1. The zero-order valence-electron chi connectivity index (χ0n) is 7.45. The molecule has 82 valence electrons. The van der Waals surface area contributed by atoms with Crippen molar-refractivity contribution in [2.45, 2.75) is 12.2 Å². The standard InChI is InChI=1S/C9H7F3N2.ClH/c10-9(11,12)8(14)7-3-1-6(5-13)2-4-7;/h1-4,8H,14H2;1H/t8-;/m1./s1. The number of alkyl halides is 3. The molecule has 0 aromatic heterocycles. The molecular weight excluding hydrogens is 229 g/mol. The van der Waals surface area contributed by atoms with E-state index in [0.29, 0.717) is 5.56 Å². The first kappa shape index (κ1) is 13.8. The first-order valence-electron chi connectivity index (χ1n) is 3.77. The summed E-state index contributed by atoms with van der Waals surface area (Å²) in [6.45, 7) is 0. The van der Waals surface area contributed by atoms with Crippen LogP contribution in [0.1, 0.15) is 17.2 Å². The summed E-state index contributed by atoms with van der Waals surface area (Å²) < 4.78 is 36.4. The number of nitrogens with two attached hydrogens (primary N) is 1. The molecule has 2 N–H and O–H groups in total. The molecule has 0 heterocycles. The summed E-state index contributed by atoms with van der Waals surface area (Å²) >= 11 is 0. The van der Waals surface area contributed by atoms with Crippen molar-refractivity contribution in [2.24, 2.45) is 5.73 Å². The van der Waals surface area contributed by atoms with Gasteiger partial charge in [0.1, 0.15) is 6.04 Å². The zero-order valence-corrected chi connectivity index (χ0v) is 8.27. The Morgan fingerprint density at radius 1 is 1.20 bits per heavy atom. The van der Waals surface area contributed by atoms with Gasteiger partial charge in [-0.2, -0.15) is 18.4 Å². The highest BCUT2D eigenvalue weighted by Crippen LogP contribution is 2.30. The Bertz CT molecular complexity index is 353. The first-order chi connectivity index (χ1) is 6.45. The van der Waals surface area contributed by atoms with Gasteiger partial charge >= 0.3 is 6.18 Å². The molecule has 1 atom stereocenters. The van der Waals surface area contributed by atoms with E-state index >= 15 is 0 Å². The van der Waals surface area contributed by atoms with Gasteiger partial charge in [-0.1, -0.05) is 12.1 Å². The third kappa shape index (κ3) is 3.42. The molecule has 0 aliphatic heterocycles. The molecule has 6 heteroatoms. The van der Waals surface area contributed by atoms with Gasteiger partial charge in [0.05, 0.1) is 11.6 Å². The largest absolute Gasteiger partial charge is 0.407 e. The lowest BCUT2D eigenvalue weighted by molar-refractivity contribution is -0.149. The molecular formula is C9H8ClF3N2. The van der Waals surface area contributed by atoms with E-state index in [2.05, 4.69) is 0 Å². The number of benzene rings is 1. The van der Waals surface area contributed by atoms with E-state index in [1.165, 1.54) is 24.3 Å². The fourth-order valence-corrected chi connectivity index (χ4v) is 0.954. The average Bonchev–Trinajstić information content (AvgIpc) is 2.15. The van der Waals surface area contributed by atoms with Gasteiger partial charge in [0.2, 0.25) is 0 Å². The van der Waals surface area contributed by atoms with E-state index in [0.717, 1.165) is 0 Å². The summed E-state index contributed by atoms with van der Waals surface area (Å²) in [5, 5.41) is 8.42. The van der Waals surface area contributed by atoms with Crippen LogP contribution in [0.25, 0.3) is 0 Å². The fourth-order valence-electron chi connectivity index (χ4n) is 0.954. The van der Waals surface area contributed by atoms with Crippen LogP contribution >= 0.6 is 12.4 Å². The number of hydrogen-bond acceptors (Lipinski definition) is 2. The predicted octanol–water partition coefficient (Wildman–Crippen LogP) is 2.54. The molecule has 0 saturated heterocycles. The van der Waals surface area contributed by atoms with Gasteiger partial charge in [0, 0.05) is 0 Å². The second kappa shape index (κ2) is 5.01. The fraction of sp³-hybridized carbons (Fsp3) is 0.222. The molecule has 0 radical (unpaired) electrons. The van der Waals surface area contributed by atoms with Crippen molar-refractivity contribution in [2.75, 3.05) is 0 Å². The summed E-state index contributed by atoms with van der Waals surface area (Å²) in [6.07, 6.45) is -4.45. The van der Waals surface area contributed by atoms with E-state index in [4.69, 9.17) is 11.0 Å². The van der Waals surface area contributed by atoms with Gasteiger partial charge in [-0.3, -0.25) is 0 Å². The number of nitriles is 1. The van der Waals surface area contributed by atoms with E-state index < -0.39 is 12.2 Å². The predicted molar refractivity (Wildman–Crippen MR) is 51.4 cm³/mol. The normalized spacial score (nSPS) is 12.5. The minimum atomic E-state index is -4.45. The minimum absolute atomic E-state index is 0. The highest BCUT2D eigenvalue weighted by Gasteiger charge is 2.37. The molecule has 0 bridgehead atoms. The lowest BCUT2D eigenvalue weighted by atomic mass is 10.1. The quantitative estimate of drug-likeness (QED) is 0.815. The molecule has 0 amide bonds. The van der Waals surface area contributed by atoms with Crippen LogP contribution in [0.2, 0.25) is 0 Å². The third-order valence-electron chi connectivity index (χ3n) is 1.75. The van der Waals surface area contributed by atoms with Gasteiger partial charge < -0.3 is 5.73 Å². The third-order valence-corrected chi connectivity index (χ3v) is 1.75. The lowest BCUT2D eigenvalue weighted by Crippen LogP contribution is -2.28. The van der Waals surface area contributed by atoms with E-state index in [9.17, 15) is 13.2 Å². The van der Waals surface area contributed by atoms with Crippen molar-refractivity contribution in [3.8, 4) is 6.07 Å². The van der Waals surface area contributed by atoms with Crippen molar-refractivity contribution in [1.29, 1.82) is 5.26 Å². The average molecular weight is 237 g/mol. The summed E-state index contributed by atoms with van der Waals surface area (Å²) in [6, 6.07) is 4.84. The molecule has 0 aliphatic carbocycles. The van der Waals surface area contributed by atoms with E-state index in [1.807, 2.05) is 6.07 Å². The van der Waals surface area contributed by atoms with Crippen LogP contribution < -0.4 is 5.73 Å². The summed E-state index contributed by atoms with van der Waals surface area (Å²) in [5.41, 5.74) is 5.22. The van der Waals surface area contributed by atoms with Crippen molar-refractivity contribution in [3.63, 3.8) is 0 Å². The topological polar surface area (TPSA) is 49.8 Å². The SMILES string of the molecule is Cl.N#Cc1ccc([C@@H](N)C(F)(F)F)cc1. The smallest absolute Gasteiger partial charge is 0.316 e. The Kier molecular flexibility index (Phi) is 4.59. The van der Waals surface area contributed by atoms with Gasteiger partial charge in [-0.15, -0.1) is 12.4 Å². The molecule has 0 fully saturated rings. The molecule has 1 aromatic rings. The van der Waals surface area contributed by atoms with Crippen molar-refractivity contribution >= 4 is 12.4 Å². The van der Waals surface area contributed by atoms with E-state index in [-0.39, 0.29) is 18.0 Å². The van der Waals surface area contributed by atoms with Crippen LogP contribution in [0, 0.1) is 11.3 Å². The van der Waals surface area contributed by atoms with Crippen molar-refractivity contribution in [1.82, 2.24) is 0 Å². The van der Waals surface area contributed by atoms with Crippen LogP contribution in [-0.4, -0.2) is 6.18 Å². The second-order valence-corrected chi connectivity index (χ2v) is 2.75. The first-order valence-corrected chi connectivity index (χ1v) is 3.77. The highest BCUT2D eigenvalue weighted by atomic mass is 35.5. The van der Waals surface area contributed by atoms with Gasteiger partial charge in [-0.25, -0.2) is 0 Å². The van der Waals surface area contributed by atoms with Crippen LogP contribution in [0.4, 0.5) is 13.2 Å². The number of rotatable bonds is 1. The Hall–Kier alpha value is -1.25. The van der Waals surface area contributed by atoms with Gasteiger partial charge in [0.25, 0.3) is 0 Å². The monoisotopic (exact) mass is 236 g/mol. The van der Waals surface area contributed by atoms with Crippen molar-refractivity contribution in [3.05, 3.63) is 35.4 Å². The lowest BCUT2D eigenvalue weighted by Gasteiger charge is -2.15. The summed E-state index contributed by atoms with van der Waals surface area (Å²) in [4.78, 5) is 0. The molecule has 1 aromatic carbocycles. The number of nitrogens with zero attached hydrogens (tertiary/aromatic N) is 1. The van der Waals surface area contributed by atoms with Crippen molar-refractivity contribution < 1.29 is 13.2 Å². The maximum Gasteiger partial charge on any atom is 0.407 e. The highest BCUT2D eigenvalue weighted by molar-refractivity contribution is 5.85. The zero-order chi connectivity index (χ0) is 10.8.